The van der Waals surface area contributed by atoms with Gasteiger partial charge in [0.2, 0.25) is 0 Å². The van der Waals surface area contributed by atoms with E-state index in [0.29, 0.717) is 11.5 Å². The molecule has 8 nitrogen and oxygen atoms in total. The summed E-state index contributed by atoms with van der Waals surface area (Å²) < 4.78 is 22.4. The number of carboxylic acids is 2. The van der Waals surface area contributed by atoms with E-state index in [-0.39, 0.29) is 39.6 Å². The lowest BCUT2D eigenvalue weighted by Crippen LogP contribution is -2.13. The van der Waals surface area contributed by atoms with Crippen LogP contribution in [0.2, 0.25) is 0 Å². The summed E-state index contributed by atoms with van der Waals surface area (Å²) in [7, 11) is 0. The number of fused-ring (bicyclic) bond motifs is 2. The number of carboxylic acid groups (broad SMARTS) is 2. The molecular weight excluding hydrogens is 464 g/mol. The van der Waals surface area contributed by atoms with Gasteiger partial charge in [0, 0.05) is 11.1 Å². The van der Waals surface area contributed by atoms with E-state index in [4.69, 9.17) is 29.2 Å². The maximum absolute atomic E-state index is 10.7. The number of benzene rings is 4. The molecule has 0 atom stereocenters. The van der Waals surface area contributed by atoms with Crippen LogP contribution in [0.4, 0.5) is 0 Å². The molecule has 0 unspecified atom stereocenters. The van der Waals surface area contributed by atoms with Crippen molar-refractivity contribution in [1.82, 2.24) is 0 Å². The SMILES string of the molecule is O=C(O)COCCOc1ccc2ccccc2c1-c1c(OCCOCC(=O)O)ccc2ccccc12. The van der Waals surface area contributed by atoms with Gasteiger partial charge < -0.3 is 29.2 Å². The first-order valence-electron chi connectivity index (χ1n) is 11.4. The van der Waals surface area contributed by atoms with Gasteiger partial charge in [0.1, 0.15) is 37.9 Å². The van der Waals surface area contributed by atoms with Gasteiger partial charge in [0.15, 0.2) is 0 Å². The lowest BCUT2D eigenvalue weighted by molar-refractivity contribution is -0.143. The number of hydrogen-bond acceptors (Lipinski definition) is 6. The topological polar surface area (TPSA) is 112 Å². The van der Waals surface area contributed by atoms with Gasteiger partial charge in [0.05, 0.1) is 13.2 Å². The zero-order valence-corrected chi connectivity index (χ0v) is 19.5. The Kier molecular flexibility index (Phi) is 8.33. The van der Waals surface area contributed by atoms with Crippen molar-refractivity contribution in [1.29, 1.82) is 0 Å². The number of aliphatic carboxylic acids is 2. The molecule has 4 aromatic carbocycles. The van der Waals surface area contributed by atoms with Gasteiger partial charge in [-0.25, -0.2) is 9.59 Å². The molecule has 0 radical (unpaired) electrons. The van der Waals surface area contributed by atoms with Crippen LogP contribution in [0.15, 0.2) is 72.8 Å². The zero-order valence-electron chi connectivity index (χ0n) is 19.5. The second-order valence-electron chi connectivity index (χ2n) is 7.91. The normalized spacial score (nSPS) is 11.0. The highest BCUT2D eigenvalue weighted by molar-refractivity contribution is 6.09. The molecule has 2 N–H and O–H groups in total. The minimum atomic E-state index is -1.04. The molecule has 186 valence electrons. The van der Waals surface area contributed by atoms with Gasteiger partial charge >= 0.3 is 11.9 Å². The molecule has 0 fully saturated rings. The smallest absolute Gasteiger partial charge is 0.329 e. The van der Waals surface area contributed by atoms with Crippen LogP contribution in [0.1, 0.15) is 0 Å². The van der Waals surface area contributed by atoms with E-state index in [9.17, 15) is 9.59 Å². The van der Waals surface area contributed by atoms with Gasteiger partial charge in [-0.15, -0.1) is 0 Å². The van der Waals surface area contributed by atoms with Crippen LogP contribution in [-0.4, -0.2) is 61.8 Å². The lowest BCUT2D eigenvalue weighted by Gasteiger charge is -2.19. The third-order valence-electron chi connectivity index (χ3n) is 5.45. The van der Waals surface area contributed by atoms with E-state index in [1.807, 2.05) is 72.8 Å². The third kappa shape index (κ3) is 6.10. The molecule has 0 aliphatic rings. The maximum atomic E-state index is 10.7. The van der Waals surface area contributed by atoms with E-state index in [2.05, 4.69) is 0 Å². The Morgan fingerprint density at radius 1 is 0.556 bits per heavy atom. The van der Waals surface area contributed by atoms with Crippen molar-refractivity contribution in [2.24, 2.45) is 0 Å². The average Bonchev–Trinajstić information content (AvgIpc) is 2.87. The van der Waals surface area contributed by atoms with Gasteiger partial charge in [-0.1, -0.05) is 60.7 Å². The van der Waals surface area contributed by atoms with Crippen molar-refractivity contribution in [3.05, 3.63) is 72.8 Å². The first-order valence-corrected chi connectivity index (χ1v) is 11.4. The molecule has 0 saturated heterocycles. The second kappa shape index (κ2) is 12.0. The van der Waals surface area contributed by atoms with Gasteiger partial charge in [-0.2, -0.15) is 0 Å². The van der Waals surface area contributed by atoms with E-state index in [0.717, 1.165) is 32.7 Å². The van der Waals surface area contributed by atoms with Crippen molar-refractivity contribution in [2.75, 3.05) is 39.6 Å². The molecule has 0 aromatic heterocycles. The molecule has 0 heterocycles. The third-order valence-corrected chi connectivity index (χ3v) is 5.45. The first kappa shape index (κ1) is 25.0. The average molecular weight is 491 g/mol. The van der Waals surface area contributed by atoms with Gasteiger partial charge in [0.25, 0.3) is 0 Å². The van der Waals surface area contributed by atoms with Gasteiger partial charge in [-0.05, 0) is 33.7 Å². The van der Waals surface area contributed by atoms with Crippen molar-refractivity contribution < 1.29 is 38.7 Å². The summed E-state index contributed by atoms with van der Waals surface area (Å²) in [6, 6.07) is 23.6. The number of hydrogen-bond donors (Lipinski definition) is 2. The fourth-order valence-corrected chi connectivity index (χ4v) is 4.00. The molecule has 4 rings (SSSR count). The Morgan fingerprint density at radius 3 is 1.39 bits per heavy atom. The molecular formula is C28H26O8. The predicted molar refractivity (Wildman–Crippen MR) is 135 cm³/mol. The Morgan fingerprint density at radius 2 is 0.972 bits per heavy atom. The maximum Gasteiger partial charge on any atom is 0.329 e. The largest absolute Gasteiger partial charge is 0.491 e. The monoisotopic (exact) mass is 490 g/mol. The van der Waals surface area contributed by atoms with Crippen LogP contribution in [0.5, 0.6) is 11.5 Å². The number of rotatable bonds is 13. The van der Waals surface area contributed by atoms with Crippen molar-refractivity contribution in [2.45, 2.75) is 0 Å². The fourth-order valence-electron chi connectivity index (χ4n) is 4.00. The van der Waals surface area contributed by atoms with Crippen LogP contribution in [-0.2, 0) is 19.1 Å². The summed E-state index contributed by atoms with van der Waals surface area (Å²) in [6.07, 6.45) is 0. The quantitative estimate of drug-likeness (QED) is 0.261. The molecule has 0 amide bonds. The molecule has 36 heavy (non-hydrogen) atoms. The summed E-state index contributed by atoms with van der Waals surface area (Å²) in [5.74, 6) is -0.857. The van der Waals surface area contributed by atoms with E-state index in [1.54, 1.807) is 0 Å². The Balaban J connectivity index is 1.75. The summed E-state index contributed by atoms with van der Waals surface area (Å²) in [4.78, 5) is 21.4. The zero-order chi connectivity index (χ0) is 25.3. The van der Waals surface area contributed by atoms with Gasteiger partial charge in [-0.3, -0.25) is 0 Å². The second-order valence-corrected chi connectivity index (χ2v) is 7.91. The number of carbonyl (C=O) groups is 2. The van der Waals surface area contributed by atoms with E-state index in [1.165, 1.54) is 0 Å². The Hall–Kier alpha value is -4.14. The summed E-state index contributed by atoms with van der Waals surface area (Å²) >= 11 is 0. The van der Waals surface area contributed by atoms with Crippen LogP contribution < -0.4 is 9.47 Å². The highest BCUT2D eigenvalue weighted by Crippen LogP contribution is 2.45. The van der Waals surface area contributed by atoms with E-state index < -0.39 is 11.9 Å². The van der Waals surface area contributed by atoms with Crippen LogP contribution in [0, 0.1) is 0 Å². The molecule has 0 aliphatic carbocycles. The minimum absolute atomic E-state index is 0.123. The molecule has 0 spiro atoms. The Bertz CT molecular complexity index is 1260. The number of ether oxygens (including phenoxy) is 4. The molecule has 0 saturated carbocycles. The molecule has 8 heteroatoms. The highest BCUT2D eigenvalue weighted by Gasteiger charge is 2.19. The Labute approximate surface area is 207 Å². The standard InChI is InChI=1S/C28H26O8/c29-25(30)17-33-13-15-35-23-11-9-19-5-1-3-7-21(19)27(23)28-22-8-4-2-6-20(22)10-12-24(28)36-16-14-34-18-26(31)32/h1-12H,13-18H2,(H,29,30)(H,31,32). The summed E-state index contributed by atoms with van der Waals surface area (Å²) in [5, 5.41) is 21.5. The summed E-state index contributed by atoms with van der Waals surface area (Å²) in [6.45, 7) is -0.194. The first-order chi connectivity index (χ1) is 17.5. The lowest BCUT2D eigenvalue weighted by atomic mass is 9.92. The summed E-state index contributed by atoms with van der Waals surface area (Å²) in [5.41, 5.74) is 1.68. The minimum Gasteiger partial charge on any atom is -0.491 e. The fraction of sp³-hybridized carbons (Fsp3) is 0.214. The molecule has 4 aromatic rings. The van der Waals surface area contributed by atoms with Crippen molar-refractivity contribution >= 4 is 33.5 Å². The van der Waals surface area contributed by atoms with Crippen LogP contribution >= 0.6 is 0 Å². The van der Waals surface area contributed by atoms with Crippen LogP contribution in [0.25, 0.3) is 32.7 Å². The van der Waals surface area contributed by atoms with Crippen molar-refractivity contribution in [3.8, 4) is 22.6 Å². The van der Waals surface area contributed by atoms with Crippen LogP contribution in [0.3, 0.4) is 0 Å². The van der Waals surface area contributed by atoms with E-state index >= 15 is 0 Å². The molecule has 0 bridgehead atoms. The van der Waals surface area contributed by atoms with Crippen molar-refractivity contribution in [3.63, 3.8) is 0 Å². The highest BCUT2D eigenvalue weighted by atomic mass is 16.5. The molecule has 0 aliphatic heterocycles. The predicted octanol–water partition coefficient (Wildman–Crippen LogP) is 4.62.